The molecule has 1 aromatic carbocycles. The van der Waals surface area contributed by atoms with Crippen molar-refractivity contribution in [1.29, 1.82) is 0 Å². The highest BCUT2D eigenvalue weighted by molar-refractivity contribution is 5.93. The maximum absolute atomic E-state index is 11.4. The van der Waals surface area contributed by atoms with Crippen molar-refractivity contribution < 1.29 is 4.79 Å². The fourth-order valence-electron chi connectivity index (χ4n) is 2.04. The monoisotopic (exact) mass is 243 g/mol. The van der Waals surface area contributed by atoms with Crippen molar-refractivity contribution in [2.24, 2.45) is 5.73 Å². The van der Waals surface area contributed by atoms with Gasteiger partial charge in [0.1, 0.15) is 0 Å². The van der Waals surface area contributed by atoms with E-state index in [0.717, 1.165) is 29.8 Å². The summed E-state index contributed by atoms with van der Waals surface area (Å²) < 4.78 is 1.80. The lowest BCUT2D eigenvalue weighted by Crippen LogP contribution is -2.14. The van der Waals surface area contributed by atoms with Gasteiger partial charge in [-0.25, -0.2) is 4.68 Å². The first-order valence-electron chi connectivity index (χ1n) is 6.07. The molecule has 0 aliphatic carbocycles. The molecule has 18 heavy (non-hydrogen) atoms. The lowest BCUT2D eigenvalue weighted by Gasteiger charge is -2.08. The van der Waals surface area contributed by atoms with Crippen molar-refractivity contribution in [3.8, 4) is 5.69 Å². The Morgan fingerprint density at radius 2 is 2.22 bits per heavy atom. The standard InChI is InChI=1S/C14H17N3O/c1-3-5-13-12(14(15)18)9-16-17(13)11-7-4-6-10(2)8-11/h4,6-9H,3,5H2,1-2H3,(H2,15,18). The average molecular weight is 243 g/mol. The molecule has 0 saturated heterocycles. The Balaban J connectivity index is 2.54. The highest BCUT2D eigenvalue weighted by Gasteiger charge is 2.15. The zero-order valence-electron chi connectivity index (χ0n) is 10.7. The van der Waals surface area contributed by atoms with E-state index in [1.54, 1.807) is 10.9 Å². The lowest BCUT2D eigenvalue weighted by atomic mass is 10.1. The largest absolute Gasteiger partial charge is 0.365 e. The molecule has 0 saturated carbocycles. The van der Waals surface area contributed by atoms with E-state index in [4.69, 9.17) is 5.73 Å². The smallest absolute Gasteiger partial charge is 0.252 e. The number of carbonyl (C=O) groups is 1. The van der Waals surface area contributed by atoms with Crippen molar-refractivity contribution in [1.82, 2.24) is 9.78 Å². The number of benzene rings is 1. The molecule has 0 atom stereocenters. The summed E-state index contributed by atoms with van der Waals surface area (Å²) in [5, 5.41) is 4.28. The Kier molecular flexibility index (Phi) is 3.46. The number of aromatic nitrogens is 2. The number of nitrogens with zero attached hydrogens (tertiary/aromatic N) is 2. The average Bonchev–Trinajstić information content (AvgIpc) is 2.73. The van der Waals surface area contributed by atoms with Crippen LogP contribution in [0.2, 0.25) is 0 Å². The Labute approximate surface area is 106 Å². The highest BCUT2D eigenvalue weighted by Crippen LogP contribution is 2.17. The second kappa shape index (κ2) is 5.04. The summed E-state index contributed by atoms with van der Waals surface area (Å²) >= 11 is 0. The summed E-state index contributed by atoms with van der Waals surface area (Å²) in [6.07, 6.45) is 3.28. The van der Waals surface area contributed by atoms with Crippen molar-refractivity contribution in [2.75, 3.05) is 0 Å². The fraction of sp³-hybridized carbons (Fsp3) is 0.286. The first kappa shape index (κ1) is 12.4. The van der Waals surface area contributed by atoms with E-state index in [1.807, 2.05) is 31.2 Å². The minimum Gasteiger partial charge on any atom is -0.365 e. The van der Waals surface area contributed by atoms with Crippen LogP contribution in [-0.4, -0.2) is 15.7 Å². The van der Waals surface area contributed by atoms with Crippen LogP contribution < -0.4 is 5.73 Å². The number of primary amides is 1. The van der Waals surface area contributed by atoms with Crippen LogP contribution in [0.3, 0.4) is 0 Å². The predicted octanol–water partition coefficient (Wildman–Crippen LogP) is 2.23. The summed E-state index contributed by atoms with van der Waals surface area (Å²) in [5.41, 5.74) is 8.89. The number of carbonyl (C=O) groups excluding carboxylic acids is 1. The van der Waals surface area contributed by atoms with E-state index in [2.05, 4.69) is 12.0 Å². The number of nitrogens with two attached hydrogens (primary N) is 1. The van der Waals surface area contributed by atoms with Gasteiger partial charge in [-0.3, -0.25) is 4.79 Å². The number of rotatable bonds is 4. The molecule has 0 spiro atoms. The van der Waals surface area contributed by atoms with E-state index >= 15 is 0 Å². The summed E-state index contributed by atoms with van der Waals surface area (Å²) in [4.78, 5) is 11.4. The molecule has 4 nitrogen and oxygen atoms in total. The molecule has 0 radical (unpaired) electrons. The molecule has 1 aromatic heterocycles. The normalized spacial score (nSPS) is 10.6. The lowest BCUT2D eigenvalue weighted by molar-refractivity contribution is 0.0999. The third kappa shape index (κ3) is 2.27. The van der Waals surface area contributed by atoms with Crippen molar-refractivity contribution in [3.63, 3.8) is 0 Å². The molecule has 2 N–H and O–H groups in total. The fourth-order valence-corrected chi connectivity index (χ4v) is 2.04. The molecule has 0 unspecified atom stereocenters. The molecule has 2 aromatic rings. The molecule has 4 heteroatoms. The number of hydrogen-bond acceptors (Lipinski definition) is 2. The van der Waals surface area contributed by atoms with Crippen LogP contribution in [0, 0.1) is 6.92 Å². The first-order valence-corrected chi connectivity index (χ1v) is 6.07. The SMILES string of the molecule is CCCc1c(C(N)=O)cnn1-c1cccc(C)c1. The molecule has 1 heterocycles. The molecule has 0 aliphatic rings. The Bertz CT molecular complexity index is 572. The van der Waals surface area contributed by atoms with Gasteiger partial charge in [0.25, 0.3) is 5.91 Å². The summed E-state index contributed by atoms with van der Waals surface area (Å²) in [5.74, 6) is -0.419. The van der Waals surface area contributed by atoms with Gasteiger partial charge >= 0.3 is 0 Å². The molecular weight excluding hydrogens is 226 g/mol. The van der Waals surface area contributed by atoms with Gasteiger partial charge in [0.05, 0.1) is 23.1 Å². The number of hydrogen-bond donors (Lipinski definition) is 1. The predicted molar refractivity (Wildman–Crippen MR) is 70.8 cm³/mol. The third-order valence-corrected chi connectivity index (χ3v) is 2.87. The maximum atomic E-state index is 11.4. The zero-order valence-corrected chi connectivity index (χ0v) is 10.7. The minimum atomic E-state index is -0.419. The third-order valence-electron chi connectivity index (χ3n) is 2.87. The van der Waals surface area contributed by atoms with Gasteiger partial charge in [-0.05, 0) is 31.0 Å². The Morgan fingerprint density at radius 3 is 2.83 bits per heavy atom. The summed E-state index contributed by atoms with van der Waals surface area (Å²) in [6.45, 7) is 4.10. The second-order valence-corrected chi connectivity index (χ2v) is 4.37. The van der Waals surface area contributed by atoms with Gasteiger partial charge < -0.3 is 5.73 Å². The maximum Gasteiger partial charge on any atom is 0.252 e. The first-order chi connectivity index (χ1) is 8.63. The highest BCUT2D eigenvalue weighted by atomic mass is 16.1. The van der Waals surface area contributed by atoms with Gasteiger partial charge in [-0.15, -0.1) is 0 Å². The van der Waals surface area contributed by atoms with Crippen LogP contribution in [0.25, 0.3) is 5.69 Å². The van der Waals surface area contributed by atoms with Crippen LogP contribution in [0.1, 0.15) is 35.0 Å². The van der Waals surface area contributed by atoms with Crippen LogP contribution in [0.4, 0.5) is 0 Å². The number of amides is 1. The van der Waals surface area contributed by atoms with E-state index in [1.165, 1.54) is 0 Å². The molecule has 94 valence electrons. The number of aryl methyl sites for hydroxylation is 1. The summed E-state index contributed by atoms with van der Waals surface area (Å²) in [7, 11) is 0. The van der Waals surface area contributed by atoms with Crippen molar-refractivity contribution in [2.45, 2.75) is 26.7 Å². The van der Waals surface area contributed by atoms with Crippen molar-refractivity contribution in [3.05, 3.63) is 47.3 Å². The van der Waals surface area contributed by atoms with E-state index in [-0.39, 0.29) is 0 Å². The molecule has 2 rings (SSSR count). The molecule has 1 amide bonds. The second-order valence-electron chi connectivity index (χ2n) is 4.37. The van der Waals surface area contributed by atoms with Gasteiger partial charge in [-0.2, -0.15) is 5.10 Å². The van der Waals surface area contributed by atoms with E-state index in [0.29, 0.717) is 5.56 Å². The van der Waals surface area contributed by atoms with Crippen LogP contribution >= 0.6 is 0 Å². The van der Waals surface area contributed by atoms with Gasteiger partial charge in [0.2, 0.25) is 0 Å². The van der Waals surface area contributed by atoms with Crippen LogP contribution in [0.15, 0.2) is 30.5 Å². The topological polar surface area (TPSA) is 60.9 Å². The van der Waals surface area contributed by atoms with E-state index < -0.39 is 5.91 Å². The Morgan fingerprint density at radius 1 is 1.44 bits per heavy atom. The van der Waals surface area contributed by atoms with Crippen LogP contribution in [-0.2, 0) is 6.42 Å². The molecule has 0 aliphatic heterocycles. The van der Waals surface area contributed by atoms with Gasteiger partial charge in [-0.1, -0.05) is 25.5 Å². The molecular formula is C14H17N3O. The zero-order chi connectivity index (χ0) is 13.1. The van der Waals surface area contributed by atoms with Gasteiger partial charge in [0.15, 0.2) is 0 Å². The molecule has 0 fully saturated rings. The van der Waals surface area contributed by atoms with Crippen LogP contribution in [0.5, 0.6) is 0 Å². The Hall–Kier alpha value is -2.10. The van der Waals surface area contributed by atoms with Gasteiger partial charge in [0, 0.05) is 0 Å². The van der Waals surface area contributed by atoms with Crippen molar-refractivity contribution >= 4 is 5.91 Å². The quantitative estimate of drug-likeness (QED) is 0.895. The molecule has 0 bridgehead atoms. The summed E-state index contributed by atoms with van der Waals surface area (Å²) in [6, 6.07) is 8.02. The minimum absolute atomic E-state index is 0.419. The van der Waals surface area contributed by atoms with E-state index in [9.17, 15) is 4.79 Å².